The zero-order valence-electron chi connectivity index (χ0n) is 17.1. The van der Waals surface area contributed by atoms with E-state index in [0.717, 1.165) is 16.2 Å². The monoisotopic (exact) mass is 515 g/mol. The molecule has 3 aromatic rings. The van der Waals surface area contributed by atoms with Crippen LogP contribution in [0.3, 0.4) is 0 Å². The van der Waals surface area contributed by atoms with E-state index in [1.807, 2.05) is 0 Å². The average Bonchev–Trinajstić information content (AvgIpc) is 3.09. The number of amides is 2. The number of benzene rings is 2. The van der Waals surface area contributed by atoms with Crippen LogP contribution in [0.15, 0.2) is 42.5 Å². The molecule has 11 heteroatoms. The van der Waals surface area contributed by atoms with E-state index in [1.165, 1.54) is 29.5 Å². The van der Waals surface area contributed by atoms with Gasteiger partial charge in [-0.1, -0.05) is 41.4 Å². The van der Waals surface area contributed by atoms with Crippen LogP contribution < -0.4 is 5.32 Å². The molecule has 5 nitrogen and oxygen atoms in total. The number of halogens is 5. The second kappa shape index (κ2) is 9.50. The zero-order valence-corrected chi connectivity index (χ0v) is 19.4. The van der Waals surface area contributed by atoms with Gasteiger partial charge in [-0.05, 0) is 24.3 Å². The Kier molecular flexibility index (Phi) is 6.86. The van der Waals surface area contributed by atoms with E-state index in [4.69, 9.17) is 23.2 Å². The molecule has 4 rings (SSSR count). The second-order valence-electron chi connectivity index (χ2n) is 7.55. The minimum Gasteiger partial charge on any atom is -0.335 e. The Balaban J connectivity index is 1.35. The highest BCUT2D eigenvalue weighted by atomic mass is 35.5. The van der Waals surface area contributed by atoms with Crippen LogP contribution in [0.1, 0.15) is 15.2 Å². The van der Waals surface area contributed by atoms with Gasteiger partial charge in [0.05, 0.1) is 22.8 Å². The molecule has 33 heavy (non-hydrogen) atoms. The minimum atomic E-state index is -4.56. The third-order valence-electron chi connectivity index (χ3n) is 5.32. The number of piperazine rings is 1. The molecule has 1 saturated heterocycles. The number of fused-ring (bicyclic) bond motifs is 1. The summed E-state index contributed by atoms with van der Waals surface area (Å²) in [5.41, 5.74) is -1.17. The normalized spacial score (nSPS) is 15.1. The van der Waals surface area contributed by atoms with E-state index in [1.54, 1.807) is 28.0 Å². The maximum Gasteiger partial charge on any atom is 0.418 e. The van der Waals surface area contributed by atoms with E-state index in [0.29, 0.717) is 41.1 Å². The first-order chi connectivity index (χ1) is 15.6. The molecule has 0 radical (unpaired) electrons. The number of nitrogens with one attached hydrogen (secondary N) is 1. The van der Waals surface area contributed by atoms with Crippen LogP contribution in [-0.4, -0.2) is 54.3 Å². The third kappa shape index (κ3) is 5.27. The van der Waals surface area contributed by atoms with E-state index >= 15 is 0 Å². The molecule has 174 valence electrons. The van der Waals surface area contributed by atoms with Crippen LogP contribution in [0.2, 0.25) is 10.0 Å². The highest BCUT2D eigenvalue weighted by molar-refractivity contribution is 7.21. The summed E-state index contributed by atoms with van der Waals surface area (Å²) >= 11 is 13.7. The number of hydrogen-bond donors (Lipinski definition) is 1. The Hall–Kier alpha value is -2.33. The summed E-state index contributed by atoms with van der Waals surface area (Å²) in [5.74, 6) is -0.739. The molecule has 1 fully saturated rings. The Morgan fingerprint density at radius 3 is 2.42 bits per heavy atom. The van der Waals surface area contributed by atoms with Crippen molar-refractivity contribution in [3.8, 4) is 0 Å². The largest absolute Gasteiger partial charge is 0.418 e. The predicted octanol–water partition coefficient (Wildman–Crippen LogP) is 5.62. The molecular formula is C22H18Cl2F3N3O2S. The predicted molar refractivity (Wildman–Crippen MR) is 124 cm³/mol. The van der Waals surface area contributed by atoms with Gasteiger partial charge < -0.3 is 10.2 Å². The summed E-state index contributed by atoms with van der Waals surface area (Å²) in [4.78, 5) is 29.2. The quantitative estimate of drug-likeness (QED) is 0.490. The van der Waals surface area contributed by atoms with Crippen molar-refractivity contribution in [2.45, 2.75) is 6.18 Å². The van der Waals surface area contributed by atoms with Gasteiger partial charge >= 0.3 is 6.18 Å². The molecule has 0 unspecified atom stereocenters. The number of para-hydroxylation sites is 1. The SMILES string of the molecule is O=C(CN1CCN(C(=O)c2sc3cc(Cl)ccc3c2Cl)CC1)Nc1ccccc1C(F)(F)F. The van der Waals surface area contributed by atoms with Gasteiger partial charge in [-0.25, -0.2) is 0 Å². The number of carbonyl (C=O) groups excluding carboxylic acids is 2. The van der Waals surface area contributed by atoms with Crippen molar-refractivity contribution >= 4 is 62.1 Å². The molecule has 1 aromatic heterocycles. The molecule has 2 amide bonds. The van der Waals surface area contributed by atoms with Gasteiger partial charge in [0.25, 0.3) is 5.91 Å². The van der Waals surface area contributed by atoms with Crippen LogP contribution in [0.25, 0.3) is 10.1 Å². The van der Waals surface area contributed by atoms with Crippen molar-refractivity contribution in [1.29, 1.82) is 0 Å². The lowest BCUT2D eigenvalue weighted by molar-refractivity contribution is -0.137. The fourth-order valence-corrected chi connectivity index (χ4v) is 5.42. The zero-order chi connectivity index (χ0) is 23.8. The molecule has 2 heterocycles. The van der Waals surface area contributed by atoms with Gasteiger partial charge in [0.1, 0.15) is 4.88 Å². The minimum absolute atomic E-state index is 0.0731. The maximum atomic E-state index is 13.1. The van der Waals surface area contributed by atoms with Crippen LogP contribution in [0.4, 0.5) is 18.9 Å². The summed E-state index contributed by atoms with van der Waals surface area (Å²) < 4.78 is 40.2. The van der Waals surface area contributed by atoms with Gasteiger partial charge in [0.2, 0.25) is 5.91 Å². The molecule has 1 aliphatic heterocycles. The fourth-order valence-electron chi connectivity index (χ4n) is 3.66. The van der Waals surface area contributed by atoms with Crippen molar-refractivity contribution in [2.24, 2.45) is 0 Å². The van der Waals surface area contributed by atoms with E-state index < -0.39 is 17.6 Å². The number of alkyl halides is 3. The van der Waals surface area contributed by atoms with Gasteiger partial charge in [-0.2, -0.15) is 13.2 Å². The molecule has 0 atom stereocenters. The number of anilines is 1. The molecule has 1 aliphatic rings. The summed E-state index contributed by atoms with van der Waals surface area (Å²) in [5, 5.41) is 4.06. The lowest BCUT2D eigenvalue weighted by Gasteiger charge is -2.34. The third-order valence-corrected chi connectivity index (χ3v) is 7.20. The molecule has 0 spiro atoms. The van der Waals surface area contributed by atoms with Crippen LogP contribution in [0.5, 0.6) is 0 Å². The summed E-state index contributed by atoms with van der Waals surface area (Å²) in [7, 11) is 0. The summed E-state index contributed by atoms with van der Waals surface area (Å²) in [6, 6.07) is 10.1. The van der Waals surface area contributed by atoms with Crippen molar-refractivity contribution in [3.05, 3.63) is 63.0 Å². The van der Waals surface area contributed by atoms with Gasteiger partial charge in [-0.3, -0.25) is 14.5 Å². The highest BCUT2D eigenvalue weighted by Crippen LogP contribution is 2.37. The second-order valence-corrected chi connectivity index (χ2v) is 9.41. The Morgan fingerprint density at radius 2 is 1.73 bits per heavy atom. The Labute approximate surface area is 201 Å². The van der Waals surface area contributed by atoms with E-state index in [9.17, 15) is 22.8 Å². The standard InChI is InChI=1S/C22H18Cl2F3N3O2S/c23-13-5-6-14-17(11-13)33-20(19(14)24)21(32)30-9-7-29(8-10-30)12-18(31)28-16-4-2-1-3-15(16)22(25,26)27/h1-6,11H,7-10,12H2,(H,28,31). The van der Waals surface area contributed by atoms with Crippen LogP contribution in [0, 0.1) is 0 Å². The number of rotatable bonds is 4. The molecule has 0 bridgehead atoms. The molecule has 2 aromatic carbocycles. The number of thiophene rings is 1. The molecular weight excluding hydrogens is 498 g/mol. The molecule has 0 aliphatic carbocycles. The fraction of sp³-hybridized carbons (Fsp3) is 0.273. The van der Waals surface area contributed by atoms with Crippen molar-refractivity contribution < 1.29 is 22.8 Å². The summed E-state index contributed by atoms with van der Waals surface area (Å²) in [6.45, 7) is 1.49. The smallest absolute Gasteiger partial charge is 0.335 e. The number of carbonyl (C=O) groups is 2. The van der Waals surface area contributed by atoms with Crippen LogP contribution >= 0.6 is 34.5 Å². The first-order valence-corrected chi connectivity index (χ1v) is 11.6. The van der Waals surface area contributed by atoms with Gasteiger partial charge in [0, 0.05) is 41.3 Å². The first kappa shape index (κ1) is 23.8. The molecule has 0 saturated carbocycles. The topological polar surface area (TPSA) is 52.7 Å². The summed E-state index contributed by atoms with van der Waals surface area (Å²) in [6.07, 6.45) is -4.56. The maximum absolute atomic E-state index is 13.1. The highest BCUT2D eigenvalue weighted by Gasteiger charge is 2.34. The van der Waals surface area contributed by atoms with Crippen molar-refractivity contribution in [3.63, 3.8) is 0 Å². The van der Waals surface area contributed by atoms with Crippen LogP contribution in [-0.2, 0) is 11.0 Å². The number of nitrogens with zero attached hydrogens (tertiary/aromatic N) is 2. The lowest BCUT2D eigenvalue weighted by Crippen LogP contribution is -2.50. The van der Waals surface area contributed by atoms with E-state index in [-0.39, 0.29) is 18.1 Å². The van der Waals surface area contributed by atoms with Gasteiger partial charge in [-0.15, -0.1) is 11.3 Å². The Morgan fingerprint density at radius 1 is 1.03 bits per heavy atom. The van der Waals surface area contributed by atoms with E-state index in [2.05, 4.69) is 5.32 Å². The Bertz CT molecular complexity index is 1210. The first-order valence-electron chi connectivity index (χ1n) is 9.99. The van der Waals surface area contributed by atoms with Gasteiger partial charge in [0.15, 0.2) is 0 Å². The average molecular weight is 516 g/mol. The van der Waals surface area contributed by atoms with Crippen molar-refractivity contribution in [2.75, 3.05) is 38.0 Å². The van der Waals surface area contributed by atoms with Crippen molar-refractivity contribution in [1.82, 2.24) is 9.80 Å². The number of hydrogen-bond acceptors (Lipinski definition) is 4. The molecule has 1 N–H and O–H groups in total. The lowest BCUT2D eigenvalue weighted by atomic mass is 10.1.